The highest BCUT2D eigenvalue weighted by Gasteiger charge is 2.33. The maximum absolute atomic E-state index is 12.8. The molecule has 0 aromatic heterocycles. The van der Waals surface area contributed by atoms with Crippen LogP contribution in [-0.2, 0) is 6.18 Å². The zero-order chi connectivity index (χ0) is 13.3. The normalized spacial score (nSPS) is 17.7. The van der Waals surface area contributed by atoms with Gasteiger partial charge in [-0.1, -0.05) is 12.1 Å². The van der Waals surface area contributed by atoms with Gasteiger partial charge in [-0.05, 0) is 36.7 Å². The van der Waals surface area contributed by atoms with Crippen molar-refractivity contribution in [3.63, 3.8) is 0 Å². The summed E-state index contributed by atoms with van der Waals surface area (Å²) in [6.07, 6.45) is -1.67. The predicted octanol–water partition coefficient (Wildman–Crippen LogP) is 3.01. The molecule has 18 heavy (non-hydrogen) atoms. The van der Waals surface area contributed by atoms with Crippen LogP contribution in [0.25, 0.3) is 5.57 Å². The molecule has 1 aromatic carbocycles. The van der Waals surface area contributed by atoms with Gasteiger partial charge < -0.3 is 10.6 Å². The smallest absolute Gasteiger partial charge is 0.398 e. The van der Waals surface area contributed by atoms with Crippen molar-refractivity contribution in [1.29, 1.82) is 0 Å². The van der Waals surface area contributed by atoms with Crippen LogP contribution < -0.4 is 5.73 Å². The number of halogens is 3. The second-order valence-corrected chi connectivity index (χ2v) is 4.54. The quantitative estimate of drug-likeness (QED) is 0.783. The summed E-state index contributed by atoms with van der Waals surface area (Å²) >= 11 is 0. The minimum absolute atomic E-state index is 0.222. The van der Waals surface area contributed by atoms with Crippen LogP contribution >= 0.6 is 0 Å². The van der Waals surface area contributed by atoms with Gasteiger partial charge in [0.25, 0.3) is 0 Å². The van der Waals surface area contributed by atoms with E-state index in [-0.39, 0.29) is 5.69 Å². The van der Waals surface area contributed by atoms with E-state index < -0.39 is 11.7 Å². The fraction of sp³-hybridized carbons (Fsp3) is 0.385. The lowest BCUT2D eigenvalue weighted by atomic mass is 9.97. The van der Waals surface area contributed by atoms with Crippen LogP contribution in [-0.4, -0.2) is 25.0 Å². The third-order valence-electron chi connectivity index (χ3n) is 3.14. The molecule has 0 radical (unpaired) electrons. The Morgan fingerprint density at radius 3 is 2.56 bits per heavy atom. The highest BCUT2D eigenvalue weighted by molar-refractivity contribution is 5.69. The summed E-state index contributed by atoms with van der Waals surface area (Å²) in [6.45, 7) is 1.62. The van der Waals surface area contributed by atoms with Crippen LogP contribution in [0.3, 0.4) is 0 Å². The summed E-state index contributed by atoms with van der Waals surface area (Å²) in [5.41, 5.74) is 5.98. The van der Waals surface area contributed by atoms with Gasteiger partial charge in [-0.15, -0.1) is 0 Å². The van der Waals surface area contributed by atoms with Crippen LogP contribution in [0, 0.1) is 0 Å². The number of nitrogens with two attached hydrogens (primary N) is 1. The van der Waals surface area contributed by atoms with E-state index >= 15 is 0 Å². The SMILES string of the molecule is CN1CC=C(c2ccc(N)c(C(F)(F)F)c2)CC1. The first-order valence-electron chi connectivity index (χ1n) is 5.72. The second-order valence-electron chi connectivity index (χ2n) is 4.54. The number of anilines is 1. The summed E-state index contributed by atoms with van der Waals surface area (Å²) in [6, 6.07) is 4.13. The predicted molar refractivity (Wildman–Crippen MR) is 65.9 cm³/mol. The molecule has 0 unspecified atom stereocenters. The van der Waals surface area contributed by atoms with E-state index in [4.69, 9.17) is 5.73 Å². The number of likely N-dealkylation sites (N-methyl/N-ethyl adjacent to an activating group) is 1. The van der Waals surface area contributed by atoms with Crippen molar-refractivity contribution in [2.45, 2.75) is 12.6 Å². The van der Waals surface area contributed by atoms with E-state index in [1.54, 1.807) is 6.07 Å². The van der Waals surface area contributed by atoms with E-state index in [9.17, 15) is 13.2 Å². The molecule has 0 atom stereocenters. The lowest BCUT2D eigenvalue weighted by Crippen LogP contribution is -2.23. The molecule has 0 spiro atoms. The molecular weight excluding hydrogens is 241 g/mol. The van der Waals surface area contributed by atoms with Crippen LogP contribution in [0.15, 0.2) is 24.3 Å². The first-order valence-corrected chi connectivity index (χ1v) is 5.72. The average Bonchev–Trinajstić information content (AvgIpc) is 2.29. The monoisotopic (exact) mass is 256 g/mol. The summed E-state index contributed by atoms with van der Waals surface area (Å²) < 4.78 is 38.3. The molecule has 1 aliphatic heterocycles. The third kappa shape index (κ3) is 2.67. The van der Waals surface area contributed by atoms with Gasteiger partial charge in [0.15, 0.2) is 0 Å². The standard InChI is InChI=1S/C13H15F3N2/c1-18-6-4-9(5-7-18)10-2-3-12(17)11(8-10)13(14,15)16/h2-4,8H,5-7,17H2,1H3. The van der Waals surface area contributed by atoms with E-state index in [0.29, 0.717) is 5.56 Å². The Hall–Kier alpha value is -1.49. The molecule has 5 heteroatoms. The van der Waals surface area contributed by atoms with E-state index in [2.05, 4.69) is 4.90 Å². The number of rotatable bonds is 1. The van der Waals surface area contributed by atoms with Gasteiger partial charge in [-0.3, -0.25) is 0 Å². The molecule has 2 N–H and O–H groups in total. The Bertz CT molecular complexity index is 478. The number of benzene rings is 1. The van der Waals surface area contributed by atoms with Crippen LogP contribution in [0.4, 0.5) is 18.9 Å². The van der Waals surface area contributed by atoms with Crippen LogP contribution in [0.1, 0.15) is 17.5 Å². The number of nitrogen functional groups attached to an aromatic ring is 1. The van der Waals surface area contributed by atoms with Gasteiger partial charge in [0.1, 0.15) is 0 Å². The Morgan fingerprint density at radius 1 is 1.28 bits per heavy atom. The number of hydrogen-bond donors (Lipinski definition) is 1. The number of alkyl halides is 3. The molecule has 2 nitrogen and oxygen atoms in total. The van der Waals surface area contributed by atoms with Crippen LogP contribution in [0.2, 0.25) is 0 Å². The van der Waals surface area contributed by atoms with Crippen molar-refractivity contribution in [2.24, 2.45) is 0 Å². The van der Waals surface area contributed by atoms with E-state index in [1.165, 1.54) is 6.07 Å². The largest absolute Gasteiger partial charge is 0.418 e. The highest BCUT2D eigenvalue weighted by atomic mass is 19.4. The van der Waals surface area contributed by atoms with Crippen molar-refractivity contribution in [2.75, 3.05) is 25.9 Å². The fourth-order valence-corrected chi connectivity index (χ4v) is 2.03. The fourth-order valence-electron chi connectivity index (χ4n) is 2.03. The van der Waals surface area contributed by atoms with Crippen molar-refractivity contribution in [3.05, 3.63) is 35.4 Å². The molecule has 0 amide bonds. The number of hydrogen-bond acceptors (Lipinski definition) is 2. The molecule has 1 heterocycles. The lowest BCUT2D eigenvalue weighted by molar-refractivity contribution is -0.136. The first kappa shape index (κ1) is 13.0. The van der Waals surface area contributed by atoms with Gasteiger partial charge in [0.2, 0.25) is 0 Å². The molecule has 0 saturated carbocycles. The Kier molecular flexibility index (Phi) is 3.34. The minimum atomic E-state index is -4.40. The molecule has 98 valence electrons. The van der Waals surface area contributed by atoms with E-state index in [0.717, 1.165) is 31.1 Å². The van der Waals surface area contributed by atoms with Crippen molar-refractivity contribution in [3.8, 4) is 0 Å². The zero-order valence-electron chi connectivity index (χ0n) is 10.1. The maximum atomic E-state index is 12.8. The molecule has 1 aromatic rings. The first-order chi connectivity index (χ1) is 8.38. The number of nitrogens with zero attached hydrogens (tertiary/aromatic N) is 1. The topological polar surface area (TPSA) is 29.3 Å². The average molecular weight is 256 g/mol. The summed E-state index contributed by atoms with van der Waals surface area (Å²) in [5, 5.41) is 0. The van der Waals surface area contributed by atoms with Gasteiger partial charge in [-0.2, -0.15) is 13.2 Å². The molecular formula is C13H15F3N2. The Morgan fingerprint density at radius 2 is 2.00 bits per heavy atom. The Balaban J connectivity index is 2.36. The van der Waals surface area contributed by atoms with Gasteiger partial charge >= 0.3 is 6.18 Å². The highest BCUT2D eigenvalue weighted by Crippen LogP contribution is 2.36. The molecule has 0 saturated heterocycles. The van der Waals surface area contributed by atoms with E-state index in [1.807, 2.05) is 13.1 Å². The minimum Gasteiger partial charge on any atom is -0.398 e. The second kappa shape index (κ2) is 4.65. The van der Waals surface area contributed by atoms with Crippen molar-refractivity contribution in [1.82, 2.24) is 4.90 Å². The molecule has 0 fully saturated rings. The molecule has 2 rings (SSSR count). The lowest BCUT2D eigenvalue weighted by Gasteiger charge is -2.22. The third-order valence-corrected chi connectivity index (χ3v) is 3.14. The Labute approximate surface area is 104 Å². The summed E-state index contributed by atoms with van der Waals surface area (Å²) in [4.78, 5) is 2.12. The van der Waals surface area contributed by atoms with Crippen LogP contribution in [0.5, 0.6) is 0 Å². The zero-order valence-corrected chi connectivity index (χ0v) is 10.1. The summed E-state index contributed by atoms with van der Waals surface area (Å²) in [7, 11) is 1.98. The maximum Gasteiger partial charge on any atom is 0.418 e. The van der Waals surface area contributed by atoms with Gasteiger partial charge in [0, 0.05) is 18.8 Å². The molecule has 0 aliphatic carbocycles. The van der Waals surface area contributed by atoms with Crippen molar-refractivity contribution >= 4 is 11.3 Å². The summed E-state index contributed by atoms with van der Waals surface area (Å²) in [5.74, 6) is 0. The molecule has 0 bridgehead atoms. The van der Waals surface area contributed by atoms with Crippen molar-refractivity contribution < 1.29 is 13.2 Å². The van der Waals surface area contributed by atoms with Gasteiger partial charge in [-0.25, -0.2) is 0 Å². The molecule has 1 aliphatic rings. The van der Waals surface area contributed by atoms with Gasteiger partial charge in [0.05, 0.1) is 5.56 Å².